The third-order valence-corrected chi connectivity index (χ3v) is 5.37. The second-order valence-corrected chi connectivity index (χ2v) is 7.49. The van der Waals surface area contributed by atoms with Gasteiger partial charge in [-0.3, -0.25) is 4.99 Å². The molecule has 0 aromatic heterocycles. The average Bonchev–Trinajstić information content (AvgIpc) is 2.63. The zero-order valence-electron chi connectivity index (χ0n) is 15.7. The number of hydrogen-bond acceptors (Lipinski definition) is 3. The second-order valence-electron chi connectivity index (χ2n) is 7.49. The lowest BCUT2D eigenvalue weighted by atomic mass is 9.83. The standard InChI is InChI=1S/C19H37N3O2/c1-16-4-6-17(7-5-16)14-22-19(20-2)21-10-3-11-24-15-18-8-12-23-13-9-18/h16-18H,3-15H2,1-2H3,(H2,20,21,22). The molecule has 5 heteroatoms. The third kappa shape index (κ3) is 7.84. The summed E-state index contributed by atoms with van der Waals surface area (Å²) in [5, 5.41) is 6.88. The van der Waals surface area contributed by atoms with Crippen LogP contribution in [0.2, 0.25) is 0 Å². The van der Waals surface area contributed by atoms with Crippen molar-refractivity contribution in [1.29, 1.82) is 0 Å². The summed E-state index contributed by atoms with van der Waals surface area (Å²) in [4.78, 5) is 4.32. The number of ether oxygens (including phenoxy) is 2. The predicted molar refractivity (Wildman–Crippen MR) is 99.5 cm³/mol. The van der Waals surface area contributed by atoms with Gasteiger partial charge in [0.1, 0.15) is 0 Å². The fraction of sp³-hybridized carbons (Fsp3) is 0.947. The van der Waals surface area contributed by atoms with E-state index in [1.54, 1.807) is 0 Å². The van der Waals surface area contributed by atoms with Crippen molar-refractivity contribution in [3.8, 4) is 0 Å². The van der Waals surface area contributed by atoms with Gasteiger partial charge in [-0.25, -0.2) is 0 Å². The molecule has 1 aliphatic heterocycles. The monoisotopic (exact) mass is 339 g/mol. The van der Waals surface area contributed by atoms with Gasteiger partial charge in [-0.2, -0.15) is 0 Å². The van der Waals surface area contributed by atoms with E-state index in [0.717, 1.165) is 76.6 Å². The van der Waals surface area contributed by atoms with E-state index in [4.69, 9.17) is 9.47 Å². The Morgan fingerprint density at radius 1 is 1.04 bits per heavy atom. The van der Waals surface area contributed by atoms with Crippen molar-refractivity contribution in [2.75, 3.05) is 46.6 Å². The van der Waals surface area contributed by atoms with Gasteiger partial charge in [0.05, 0.1) is 0 Å². The summed E-state index contributed by atoms with van der Waals surface area (Å²) in [5.41, 5.74) is 0. The molecule has 0 aromatic rings. The highest BCUT2D eigenvalue weighted by atomic mass is 16.5. The van der Waals surface area contributed by atoms with E-state index in [-0.39, 0.29) is 0 Å². The van der Waals surface area contributed by atoms with Crippen LogP contribution in [0, 0.1) is 17.8 Å². The lowest BCUT2D eigenvalue weighted by molar-refractivity contribution is 0.0203. The van der Waals surface area contributed by atoms with Gasteiger partial charge in [-0.15, -0.1) is 0 Å². The lowest BCUT2D eigenvalue weighted by Gasteiger charge is -2.26. The second kappa shape index (κ2) is 11.7. The Morgan fingerprint density at radius 3 is 2.50 bits per heavy atom. The van der Waals surface area contributed by atoms with Crippen LogP contribution in [0.15, 0.2) is 4.99 Å². The molecule has 1 heterocycles. The maximum atomic E-state index is 5.80. The van der Waals surface area contributed by atoms with E-state index >= 15 is 0 Å². The Labute approximate surface area is 148 Å². The molecule has 1 aliphatic carbocycles. The average molecular weight is 340 g/mol. The highest BCUT2D eigenvalue weighted by molar-refractivity contribution is 5.79. The molecule has 0 atom stereocenters. The molecule has 0 aromatic carbocycles. The first-order valence-corrected chi connectivity index (χ1v) is 9.88. The van der Waals surface area contributed by atoms with E-state index in [0.29, 0.717) is 5.92 Å². The summed E-state index contributed by atoms with van der Waals surface area (Å²) in [6, 6.07) is 0. The molecule has 2 aliphatic rings. The van der Waals surface area contributed by atoms with Gasteiger partial charge in [-0.05, 0) is 49.9 Å². The Balaban J connectivity index is 1.46. The normalized spacial score (nSPS) is 26.3. The number of hydrogen-bond donors (Lipinski definition) is 2. The minimum absolute atomic E-state index is 0.694. The summed E-state index contributed by atoms with van der Waals surface area (Å²) in [6.45, 7) is 7.84. The molecule has 1 saturated carbocycles. The number of rotatable bonds is 8. The minimum atomic E-state index is 0.694. The molecular weight excluding hydrogens is 302 g/mol. The SMILES string of the molecule is CN=C(NCCCOCC1CCOCC1)NCC1CCC(C)CC1. The molecule has 0 spiro atoms. The van der Waals surface area contributed by atoms with Crippen LogP contribution in [-0.2, 0) is 9.47 Å². The Kier molecular flexibility index (Phi) is 9.51. The molecule has 2 N–H and O–H groups in total. The van der Waals surface area contributed by atoms with Crippen LogP contribution >= 0.6 is 0 Å². The third-order valence-electron chi connectivity index (χ3n) is 5.37. The van der Waals surface area contributed by atoms with Gasteiger partial charge in [0.15, 0.2) is 5.96 Å². The van der Waals surface area contributed by atoms with Gasteiger partial charge in [-0.1, -0.05) is 19.8 Å². The fourth-order valence-corrected chi connectivity index (χ4v) is 3.54. The lowest BCUT2D eigenvalue weighted by Crippen LogP contribution is -2.40. The largest absolute Gasteiger partial charge is 0.381 e. The number of guanidine groups is 1. The van der Waals surface area contributed by atoms with Crippen LogP contribution < -0.4 is 10.6 Å². The van der Waals surface area contributed by atoms with Crippen molar-refractivity contribution in [3.05, 3.63) is 0 Å². The molecule has 0 bridgehead atoms. The summed E-state index contributed by atoms with van der Waals surface area (Å²) >= 11 is 0. The van der Waals surface area contributed by atoms with E-state index in [1.807, 2.05) is 7.05 Å². The van der Waals surface area contributed by atoms with Crippen molar-refractivity contribution in [1.82, 2.24) is 10.6 Å². The Bertz CT molecular complexity index is 349. The van der Waals surface area contributed by atoms with E-state index < -0.39 is 0 Å². The van der Waals surface area contributed by atoms with Gasteiger partial charge in [0, 0.05) is 46.6 Å². The smallest absolute Gasteiger partial charge is 0.190 e. The molecule has 1 saturated heterocycles. The molecular formula is C19H37N3O2. The van der Waals surface area contributed by atoms with Gasteiger partial charge >= 0.3 is 0 Å². The first-order valence-electron chi connectivity index (χ1n) is 9.88. The number of nitrogens with one attached hydrogen (secondary N) is 2. The Hall–Kier alpha value is -0.810. The zero-order valence-corrected chi connectivity index (χ0v) is 15.7. The van der Waals surface area contributed by atoms with Crippen LogP contribution in [0.1, 0.15) is 51.9 Å². The summed E-state index contributed by atoms with van der Waals surface area (Å²) < 4.78 is 11.2. The summed E-state index contributed by atoms with van der Waals surface area (Å²) in [6.07, 6.45) is 8.77. The van der Waals surface area contributed by atoms with Gasteiger partial charge in [0.2, 0.25) is 0 Å². The quantitative estimate of drug-likeness (QED) is 0.406. The first kappa shape index (κ1) is 19.5. The van der Waals surface area contributed by atoms with Crippen molar-refractivity contribution in [3.63, 3.8) is 0 Å². The highest BCUT2D eigenvalue weighted by Crippen LogP contribution is 2.27. The van der Waals surface area contributed by atoms with Crippen molar-refractivity contribution >= 4 is 5.96 Å². The molecule has 0 amide bonds. The van der Waals surface area contributed by atoms with Gasteiger partial charge < -0.3 is 20.1 Å². The number of nitrogens with zero attached hydrogens (tertiary/aromatic N) is 1. The fourth-order valence-electron chi connectivity index (χ4n) is 3.54. The zero-order chi connectivity index (χ0) is 17.0. The molecule has 2 rings (SSSR count). The predicted octanol–water partition coefficient (Wildman–Crippen LogP) is 2.81. The minimum Gasteiger partial charge on any atom is -0.381 e. The van der Waals surface area contributed by atoms with E-state index in [9.17, 15) is 0 Å². The highest BCUT2D eigenvalue weighted by Gasteiger charge is 2.18. The van der Waals surface area contributed by atoms with E-state index in [1.165, 1.54) is 25.7 Å². The molecule has 5 nitrogen and oxygen atoms in total. The topological polar surface area (TPSA) is 54.9 Å². The van der Waals surface area contributed by atoms with Crippen LogP contribution in [-0.4, -0.2) is 52.5 Å². The maximum Gasteiger partial charge on any atom is 0.190 e. The molecule has 2 fully saturated rings. The van der Waals surface area contributed by atoms with Crippen molar-refractivity contribution < 1.29 is 9.47 Å². The molecule has 24 heavy (non-hydrogen) atoms. The van der Waals surface area contributed by atoms with Gasteiger partial charge in [0.25, 0.3) is 0 Å². The maximum absolute atomic E-state index is 5.80. The summed E-state index contributed by atoms with van der Waals surface area (Å²) in [5.74, 6) is 3.35. The van der Waals surface area contributed by atoms with Crippen molar-refractivity contribution in [2.24, 2.45) is 22.7 Å². The van der Waals surface area contributed by atoms with Crippen LogP contribution in [0.3, 0.4) is 0 Å². The van der Waals surface area contributed by atoms with E-state index in [2.05, 4.69) is 22.5 Å². The summed E-state index contributed by atoms with van der Waals surface area (Å²) in [7, 11) is 1.85. The van der Waals surface area contributed by atoms with Crippen LogP contribution in [0.4, 0.5) is 0 Å². The first-order chi connectivity index (χ1) is 11.8. The Morgan fingerprint density at radius 2 is 1.79 bits per heavy atom. The number of aliphatic imine (C=N–C) groups is 1. The molecule has 0 radical (unpaired) electrons. The molecule has 140 valence electrons. The van der Waals surface area contributed by atoms with Crippen LogP contribution in [0.25, 0.3) is 0 Å². The van der Waals surface area contributed by atoms with Crippen LogP contribution in [0.5, 0.6) is 0 Å². The molecule has 0 unspecified atom stereocenters. The van der Waals surface area contributed by atoms with Crippen molar-refractivity contribution in [2.45, 2.75) is 51.9 Å².